The highest BCUT2D eigenvalue weighted by Crippen LogP contribution is 2.58. The third kappa shape index (κ3) is 4.70. The minimum Gasteiger partial charge on any atom is -0.450 e. The molecule has 8 heteroatoms. The van der Waals surface area contributed by atoms with E-state index >= 15 is 0 Å². The predicted molar refractivity (Wildman–Crippen MR) is 120 cm³/mol. The Hall–Kier alpha value is -1.93. The van der Waals surface area contributed by atoms with Gasteiger partial charge in [0.15, 0.2) is 0 Å². The fourth-order valence-electron chi connectivity index (χ4n) is 4.70. The summed E-state index contributed by atoms with van der Waals surface area (Å²) in [5, 5.41) is 21.6. The molecule has 0 bridgehead atoms. The average Bonchev–Trinajstić information content (AvgIpc) is 3.15. The number of aryl methyl sites for hydroxylation is 1. The largest absolute Gasteiger partial charge is 0.503 e. The number of carbonyl (C=O) groups is 2. The van der Waals surface area contributed by atoms with Crippen LogP contribution in [0.2, 0.25) is 0 Å². The molecule has 3 aliphatic carbocycles. The van der Waals surface area contributed by atoms with Crippen LogP contribution >= 0.6 is 22.7 Å². The zero-order valence-electron chi connectivity index (χ0n) is 17.2. The second-order valence-electron chi connectivity index (χ2n) is 8.79. The molecule has 5 rings (SSSR count). The van der Waals surface area contributed by atoms with E-state index in [0.29, 0.717) is 5.41 Å². The fraction of sp³-hybridized carbons (Fsp3) is 0.591. The molecule has 162 valence electrons. The van der Waals surface area contributed by atoms with Crippen molar-refractivity contribution in [3.63, 3.8) is 0 Å². The summed E-state index contributed by atoms with van der Waals surface area (Å²) in [4.78, 5) is 27.7. The molecule has 0 radical (unpaired) electrons. The lowest BCUT2D eigenvalue weighted by atomic mass is 9.84. The van der Waals surface area contributed by atoms with Crippen LogP contribution in [0.15, 0.2) is 5.38 Å². The molecule has 1 spiro atoms. The van der Waals surface area contributed by atoms with Crippen LogP contribution in [0, 0.1) is 18.3 Å². The van der Waals surface area contributed by atoms with Gasteiger partial charge in [0, 0.05) is 27.4 Å². The van der Waals surface area contributed by atoms with E-state index in [4.69, 9.17) is 20.0 Å². The van der Waals surface area contributed by atoms with Gasteiger partial charge in [0.1, 0.15) is 10.0 Å². The normalized spacial score (nSPS) is 19.5. The van der Waals surface area contributed by atoms with Crippen molar-refractivity contribution in [2.75, 3.05) is 5.32 Å². The van der Waals surface area contributed by atoms with Crippen LogP contribution in [0.3, 0.4) is 0 Å². The Bertz CT molecular complexity index is 935. The van der Waals surface area contributed by atoms with E-state index in [9.17, 15) is 4.79 Å². The Labute approximate surface area is 184 Å². The van der Waals surface area contributed by atoms with Crippen molar-refractivity contribution in [1.29, 1.82) is 0 Å². The summed E-state index contributed by atoms with van der Waals surface area (Å²) in [6.45, 7) is 2.05. The molecule has 1 amide bonds. The standard InChI is InChI=1S/C21H26N2OS2.CH2O3/c1-13-12-25-19(22-13)17-15-7-8-21(9-10-21)11-16(15)26-20(17)23-18(24)14-5-3-2-4-6-14;2-1(3)4/h12,14H,2-11H2,1H3,(H,23,24);(H2,2,3,4). The van der Waals surface area contributed by atoms with E-state index < -0.39 is 6.16 Å². The number of carbonyl (C=O) groups excluding carboxylic acids is 1. The maximum Gasteiger partial charge on any atom is 0.503 e. The molecule has 0 unspecified atom stereocenters. The molecular formula is C22H28N2O4S2. The van der Waals surface area contributed by atoms with E-state index in [-0.39, 0.29) is 11.8 Å². The number of rotatable bonds is 3. The monoisotopic (exact) mass is 448 g/mol. The number of hydrogen-bond donors (Lipinski definition) is 3. The van der Waals surface area contributed by atoms with Crippen molar-refractivity contribution in [1.82, 2.24) is 4.98 Å². The number of carboxylic acid groups (broad SMARTS) is 2. The highest BCUT2D eigenvalue weighted by Gasteiger charge is 2.46. The van der Waals surface area contributed by atoms with Crippen molar-refractivity contribution in [3.8, 4) is 10.6 Å². The second kappa shape index (κ2) is 8.67. The van der Waals surface area contributed by atoms with Gasteiger partial charge >= 0.3 is 6.16 Å². The van der Waals surface area contributed by atoms with Crippen molar-refractivity contribution < 1.29 is 19.8 Å². The third-order valence-electron chi connectivity index (χ3n) is 6.53. The van der Waals surface area contributed by atoms with Crippen LogP contribution < -0.4 is 5.32 Å². The van der Waals surface area contributed by atoms with E-state index in [1.807, 2.05) is 11.3 Å². The molecule has 3 aliphatic rings. The molecule has 0 atom stereocenters. The van der Waals surface area contributed by atoms with Gasteiger partial charge in [-0.15, -0.1) is 22.7 Å². The molecule has 0 saturated heterocycles. The summed E-state index contributed by atoms with van der Waals surface area (Å²) in [6, 6.07) is 0. The molecule has 0 aromatic carbocycles. The summed E-state index contributed by atoms with van der Waals surface area (Å²) >= 11 is 3.55. The number of nitrogens with zero attached hydrogens (tertiary/aromatic N) is 1. The molecular weight excluding hydrogens is 420 g/mol. The van der Waals surface area contributed by atoms with Gasteiger partial charge < -0.3 is 15.5 Å². The van der Waals surface area contributed by atoms with Gasteiger partial charge in [0.25, 0.3) is 0 Å². The van der Waals surface area contributed by atoms with E-state index in [2.05, 4.69) is 17.6 Å². The van der Waals surface area contributed by atoms with Gasteiger partial charge in [-0.25, -0.2) is 9.78 Å². The minimum atomic E-state index is -1.83. The molecule has 2 aromatic heterocycles. The molecule has 3 N–H and O–H groups in total. The second-order valence-corrected chi connectivity index (χ2v) is 10.7. The van der Waals surface area contributed by atoms with Crippen molar-refractivity contribution in [2.45, 2.75) is 71.1 Å². The molecule has 2 heterocycles. The number of thiazole rings is 1. The lowest BCUT2D eigenvalue weighted by Gasteiger charge is -2.21. The van der Waals surface area contributed by atoms with Crippen LogP contribution in [0.5, 0.6) is 0 Å². The Kier molecular flexibility index (Phi) is 6.16. The highest BCUT2D eigenvalue weighted by molar-refractivity contribution is 7.18. The molecule has 2 fully saturated rings. The first-order chi connectivity index (χ1) is 14.4. The zero-order chi connectivity index (χ0) is 21.3. The maximum atomic E-state index is 12.9. The maximum absolute atomic E-state index is 12.9. The van der Waals surface area contributed by atoms with Gasteiger partial charge in [0.05, 0.1) is 0 Å². The van der Waals surface area contributed by atoms with Gasteiger partial charge in [-0.2, -0.15) is 0 Å². The van der Waals surface area contributed by atoms with Gasteiger partial charge in [-0.3, -0.25) is 4.79 Å². The summed E-state index contributed by atoms with van der Waals surface area (Å²) < 4.78 is 0. The first kappa shape index (κ1) is 21.3. The Morgan fingerprint density at radius 3 is 2.47 bits per heavy atom. The number of fused-ring (bicyclic) bond motifs is 1. The van der Waals surface area contributed by atoms with Crippen LogP contribution in [-0.4, -0.2) is 27.3 Å². The number of nitrogens with one attached hydrogen (secondary N) is 1. The van der Waals surface area contributed by atoms with E-state index in [1.165, 1.54) is 60.9 Å². The third-order valence-corrected chi connectivity index (χ3v) is 8.66. The molecule has 2 saturated carbocycles. The summed E-state index contributed by atoms with van der Waals surface area (Å²) in [5.41, 5.74) is 4.38. The molecule has 6 nitrogen and oxygen atoms in total. The number of aromatic nitrogens is 1. The van der Waals surface area contributed by atoms with Crippen LogP contribution in [0.25, 0.3) is 10.6 Å². The fourth-order valence-corrected chi connectivity index (χ4v) is 7.07. The van der Waals surface area contributed by atoms with Gasteiger partial charge in [0.2, 0.25) is 5.91 Å². The number of amides is 1. The average molecular weight is 449 g/mol. The highest BCUT2D eigenvalue weighted by atomic mass is 32.1. The lowest BCUT2D eigenvalue weighted by Crippen LogP contribution is -2.24. The number of hydrogen-bond acceptors (Lipinski definition) is 5. The molecule has 0 aliphatic heterocycles. The van der Waals surface area contributed by atoms with Crippen LogP contribution in [0.1, 0.15) is 67.5 Å². The van der Waals surface area contributed by atoms with Gasteiger partial charge in [-0.1, -0.05) is 19.3 Å². The van der Waals surface area contributed by atoms with Crippen LogP contribution in [0.4, 0.5) is 9.80 Å². The van der Waals surface area contributed by atoms with Crippen LogP contribution in [-0.2, 0) is 17.6 Å². The first-order valence-electron chi connectivity index (χ1n) is 10.7. The minimum absolute atomic E-state index is 0.198. The Morgan fingerprint density at radius 2 is 1.87 bits per heavy atom. The van der Waals surface area contributed by atoms with Crippen molar-refractivity contribution >= 4 is 39.7 Å². The zero-order valence-corrected chi connectivity index (χ0v) is 18.8. The molecule has 2 aromatic rings. The van der Waals surface area contributed by atoms with Crippen molar-refractivity contribution in [2.24, 2.45) is 11.3 Å². The Balaban J connectivity index is 0.000000503. The Morgan fingerprint density at radius 1 is 1.17 bits per heavy atom. The van der Waals surface area contributed by atoms with E-state index in [1.54, 1.807) is 11.3 Å². The van der Waals surface area contributed by atoms with E-state index in [0.717, 1.165) is 35.0 Å². The SMILES string of the molecule is Cc1csc(-c2c(NC(=O)C3CCCCC3)sc3c2CCC2(CC2)C3)n1.O=C(O)O. The first-order valence-corrected chi connectivity index (χ1v) is 12.4. The van der Waals surface area contributed by atoms with Crippen molar-refractivity contribution in [3.05, 3.63) is 21.5 Å². The molecule has 30 heavy (non-hydrogen) atoms. The summed E-state index contributed by atoms with van der Waals surface area (Å²) in [7, 11) is 0. The topological polar surface area (TPSA) is 99.5 Å². The number of anilines is 1. The smallest absolute Gasteiger partial charge is 0.450 e. The predicted octanol–water partition coefficient (Wildman–Crippen LogP) is 6.19. The quantitative estimate of drug-likeness (QED) is 0.520. The lowest BCUT2D eigenvalue weighted by molar-refractivity contribution is -0.120. The number of thiophene rings is 1. The summed E-state index contributed by atoms with van der Waals surface area (Å²) in [6.07, 6.45) is 10.4. The summed E-state index contributed by atoms with van der Waals surface area (Å²) in [5.74, 6) is 0.433. The van der Waals surface area contributed by atoms with Gasteiger partial charge in [-0.05, 0) is 62.8 Å².